The number of rotatable bonds is 13. The van der Waals surface area contributed by atoms with Gasteiger partial charge in [0.15, 0.2) is 0 Å². The molecule has 3 aromatic carbocycles. The maximum Gasteiger partial charge on any atom is 0.254 e. The molecule has 0 aliphatic heterocycles. The van der Waals surface area contributed by atoms with Crippen LogP contribution in [0.5, 0.6) is 5.75 Å². The zero-order valence-corrected chi connectivity index (χ0v) is 22.9. The third kappa shape index (κ3) is 8.26. The standard InChI is InChI=1S/C30H36Cl2N2O2/c1-4-33(5-2)18-10-11-23(3)34(30(35)26-16-17-28(31)29(32)20-26)21-25-14-9-15-27(19-25)36-22-24-12-7-6-8-13-24/h6-9,12-17,19-20,23H,4-5,10-11,18,21-22H2,1-3H3. The van der Waals surface area contributed by atoms with Crippen molar-refractivity contribution in [3.05, 3.63) is 99.5 Å². The summed E-state index contributed by atoms with van der Waals surface area (Å²) in [4.78, 5) is 18.0. The molecule has 1 unspecified atom stereocenters. The number of nitrogens with zero attached hydrogens (tertiary/aromatic N) is 2. The largest absolute Gasteiger partial charge is 0.489 e. The molecular weight excluding hydrogens is 491 g/mol. The minimum absolute atomic E-state index is 0.0522. The average Bonchev–Trinajstić information content (AvgIpc) is 2.90. The van der Waals surface area contributed by atoms with E-state index in [-0.39, 0.29) is 11.9 Å². The first kappa shape index (κ1) is 28.0. The molecule has 0 fully saturated rings. The fourth-order valence-corrected chi connectivity index (χ4v) is 4.50. The third-order valence-electron chi connectivity index (χ3n) is 6.45. The van der Waals surface area contributed by atoms with Crippen LogP contribution in [0, 0.1) is 0 Å². The van der Waals surface area contributed by atoms with E-state index in [1.165, 1.54) is 0 Å². The van der Waals surface area contributed by atoms with Crippen LogP contribution in [0.1, 0.15) is 55.1 Å². The normalized spacial score (nSPS) is 11.9. The number of carbonyl (C=O) groups excluding carboxylic acids is 1. The third-order valence-corrected chi connectivity index (χ3v) is 7.19. The lowest BCUT2D eigenvalue weighted by atomic mass is 10.1. The quantitative estimate of drug-likeness (QED) is 0.228. The lowest BCUT2D eigenvalue weighted by molar-refractivity contribution is 0.0662. The van der Waals surface area contributed by atoms with Gasteiger partial charge in [-0.05, 0) is 80.9 Å². The summed E-state index contributed by atoms with van der Waals surface area (Å²) in [6.45, 7) is 10.5. The van der Waals surface area contributed by atoms with Crippen LogP contribution < -0.4 is 4.74 Å². The molecule has 3 aromatic rings. The molecule has 192 valence electrons. The zero-order valence-electron chi connectivity index (χ0n) is 21.4. The predicted molar refractivity (Wildman–Crippen MR) is 150 cm³/mol. The van der Waals surface area contributed by atoms with Crippen molar-refractivity contribution in [2.24, 2.45) is 0 Å². The Bertz CT molecular complexity index is 1100. The van der Waals surface area contributed by atoms with Crippen molar-refractivity contribution in [3.8, 4) is 5.75 Å². The first-order valence-corrected chi connectivity index (χ1v) is 13.4. The fraction of sp³-hybridized carbons (Fsp3) is 0.367. The summed E-state index contributed by atoms with van der Waals surface area (Å²) in [7, 11) is 0. The maximum absolute atomic E-state index is 13.6. The van der Waals surface area contributed by atoms with Gasteiger partial charge in [-0.25, -0.2) is 0 Å². The Balaban J connectivity index is 1.76. The number of halogens is 2. The molecule has 0 saturated heterocycles. The van der Waals surface area contributed by atoms with Crippen molar-refractivity contribution in [2.75, 3.05) is 19.6 Å². The number of hydrogen-bond donors (Lipinski definition) is 0. The van der Waals surface area contributed by atoms with Gasteiger partial charge in [-0.1, -0.05) is 79.5 Å². The molecule has 0 radical (unpaired) electrons. The second kappa shape index (κ2) is 14.3. The average molecular weight is 528 g/mol. The molecular formula is C30H36Cl2N2O2. The van der Waals surface area contributed by atoms with Gasteiger partial charge in [-0.15, -0.1) is 0 Å². The molecule has 6 heteroatoms. The van der Waals surface area contributed by atoms with Crippen LogP contribution in [0.3, 0.4) is 0 Å². The van der Waals surface area contributed by atoms with Gasteiger partial charge in [0.25, 0.3) is 5.91 Å². The van der Waals surface area contributed by atoms with Crippen LogP contribution in [0.25, 0.3) is 0 Å². The molecule has 0 aliphatic carbocycles. The van der Waals surface area contributed by atoms with Gasteiger partial charge in [0.2, 0.25) is 0 Å². The number of hydrogen-bond acceptors (Lipinski definition) is 3. The van der Waals surface area contributed by atoms with Crippen LogP contribution in [0.15, 0.2) is 72.8 Å². The monoisotopic (exact) mass is 526 g/mol. The number of carbonyl (C=O) groups is 1. The van der Waals surface area contributed by atoms with Gasteiger partial charge >= 0.3 is 0 Å². The highest BCUT2D eigenvalue weighted by Crippen LogP contribution is 2.25. The molecule has 1 atom stereocenters. The van der Waals surface area contributed by atoms with Crippen LogP contribution in [0.2, 0.25) is 10.0 Å². The molecule has 3 rings (SSSR count). The predicted octanol–water partition coefficient (Wildman–Crippen LogP) is 7.73. The summed E-state index contributed by atoms with van der Waals surface area (Å²) >= 11 is 12.3. The van der Waals surface area contributed by atoms with Gasteiger partial charge in [-0.3, -0.25) is 4.79 Å². The van der Waals surface area contributed by atoms with E-state index in [9.17, 15) is 4.79 Å². The lowest BCUT2D eigenvalue weighted by Gasteiger charge is -2.30. The first-order valence-electron chi connectivity index (χ1n) is 12.6. The highest BCUT2D eigenvalue weighted by Gasteiger charge is 2.23. The Morgan fingerprint density at radius 1 is 0.889 bits per heavy atom. The fourth-order valence-electron chi connectivity index (χ4n) is 4.20. The Morgan fingerprint density at radius 3 is 2.31 bits per heavy atom. The summed E-state index contributed by atoms with van der Waals surface area (Å²) in [6.07, 6.45) is 1.93. The zero-order chi connectivity index (χ0) is 25.9. The van der Waals surface area contributed by atoms with Crippen LogP contribution >= 0.6 is 23.2 Å². The van der Waals surface area contributed by atoms with Crippen LogP contribution in [-0.2, 0) is 13.2 Å². The summed E-state index contributed by atoms with van der Waals surface area (Å²) in [5.74, 6) is 0.729. The minimum atomic E-state index is -0.0560. The summed E-state index contributed by atoms with van der Waals surface area (Å²) in [6, 6.07) is 23.2. The van der Waals surface area contributed by atoms with Crippen molar-refractivity contribution < 1.29 is 9.53 Å². The summed E-state index contributed by atoms with van der Waals surface area (Å²) in [5.41, 5.74) is 2.67. The molecule has 0 aromatic heterocycles. The minimum Gasteiger partial charge on any atom is -0.489 e. The SMILES string of the molecule is CCN(CC)CCCC(C)N(Cc1cccc(OCc2ccccc2)c1)C(=O)c1ccc(Cl)c(Cl)c1. The van der Waals surface area contributed by atoms with Gasteiger partial charge in [0, 0.05) is 18.2 Å². The van der Waals surface area contributed by atoms with Crippen LogP contribution in [-0.4, -0.2) is 41.4 Å². The molecule has 1 amide bonds. The smallest absolute Gasteiger partial charge is 0.254 e. The maximum atomic E-state index is 13.6. The molecule has 4 nitrogen and oxygen atoms in total. The van der Waals surface area contributed by atoms with Crippen molar-refractivity contribution >= 4 is 29.1 Å². The molecule has 0 heterocycles. The molecule has 0 spiro atoms. The summed E-state index contributed by atoms with van der Waals surface area (Å²) < 4.78 is 6.02. The molecule has 36 heavy (non-hydrogen) atoms. The number of amides is 1. The van der Waals surface area contributed by atoms with E-state index in [4.69, 9.17) is 27.9 Å². The first-order chi connectivity index (χ1) is 17.4. The van der Waals surface area contributed by atoms with Crippen LogP contribution in [0.4, 0.5) is 0 Å². The van der Waals surface area contributed by atoms with Gasteiger partial charge in [0.1, 0.15) is 12.4 Å². The molecule has 0 aliphatic rings. The van der Waals surface area contributed by atoms with E-state index in [1.807, 2.05) is 59.5 Å². The van der Waals surface area contributed by atoms with Gasteiger partial charge < -0.3 is 14.5 Å². The topological polar surface area (TPSA) is 32.8 Å². The Kier molecular flexibility index (Phi) is 11.1. The summed E-state index contributed by atoms with van der Waals surface area (Å²) in [5, 5.41) is 0.822. The van der Waals surface area contributed by atoms with Crippen molar-refractivity contribution in [1.82, 2.24) is 9.80 Å². The second-order valence-electron chi connectivity index (χ2n) is 9.00. The van der Waals surface area contributed by atoms with Gasteiger partial charge in [0.05, 0.1) is 10.0 Å². The van der Waals surface area contributed by atoms with E-state index in [0.29, 0.717) is 28.8 Å². The Morgan fingerprint density at radius 2 is 1.61 bits per heavy atom. The van der Waals surface area contributed by atoms with E-state index in [1.54, 1.807) is 18.2 Å². The Labute approximate surface area is 225 Å². The van der Waals surface area contributed by atoms with E-state index < -0.39 is 0 Å². The molecule has 0 bridgehead atoms. The van der Waals surface area contributed by atoms with E-state index in [0.717, 1.165) is 49.4 Å². The Hall–Kier alpha value is -2.53. The van der Waals surface area contributed by atoms with Crippen molar-refractivity contribution in [3.63, 3.8) is 0 Å². The highest BCUT2D eigenvalue weighted by molar-refractivity contribution is 6.42. The number of benzene rings is 3. The molecule has 0 N–H and O–H groups in total. The van der Waals surface area contributed by atoms with E-state index >= 15 is 0 Å². The number of ether oxygens (including phenoxy) is 1. The van der Waals surface area contributed by atoms with Crippen molar-refractivity contribution in [1.29, 1.82) is 0 Å². The lowest BCUT2D eigenvalue weighted by Crippen LogP contribution is -2.38. The van der Waals surface area contributed by atoms with E-state index in [2.05, 4.69) is 25.7 Å². The highest BCUT2D eigenvalue weighted by atomic mass is 35.5. The van der Waals surface area contributed by atoms with Gasteiger partial charge in [-0.2, -0.15) is 0 Å². The van der Waals surface area contributed by atoms with Crippen molar-refractivity contribution in [2.45, 2.75) is 52.8 Å². The second-order valence-corrected chi connectivity index (χ2v) is 9.82. The molecule has 0 saturated carbocycles.